The summed E-state index contributed by atoms with van der Waals surface area (Å²) in [4.78, 5) is 127. The second-order valence-electron chi connectivity index (χ2n) is 20.7. The fourth-order valence-electron chi connectivity index (χ4n) is 8.53. The molecule has 0 saturated heterocycles. The number of nitrogens with one attached hydrogen (secondary N) is 3. The smallest absolute Gasteiger partial charge is 0.224 e. The molecule has 0 aliphatic heterocycles. The maximum absolute atomic E-state index is 14.6. The van der Waals surface area contributed by atoms with Gasteiger partial charge in [0.2, 0.25) is 17.7 Å². The van der Waals surface area contributed by atoms with E-state index in [9.17, 15) is 43.5 Å². The van der Waals surface area contributed by atoms with Crippen molar-refractivity contribution in [3.63, 3.8) is 0 Å². The zero-order valence-corrected chi connectivity index (χ0v) is 46.2. The lowest BCUT2D eigenvalue weighted by Gasteiger charge is -2.27. The van der Waals surface area contributed by atoms with Crippen molar-refractivity contribution in [2.24, 2.45) is 113 Å². The number of ketones is 5. The molecular formula is C51H96N16O9. The molecule has 22 N–H and O–H groups in total. The van der Waals surface area contributed by atoms with E-state index in [1.54, 1.807) is 6.92 Å². The third-order valence-corrected chi connectivity index (χ3v) is 12.8. The second-order valence-corrected chi connectivity index (χ2v) is 20.7. The van der Waals surface area contributed by atoms with Crippen molar-refractivity contribution < 1.29 is 43.5 Å². The van der Waals surface area contributed by atoms with Gasteiger partial charge in [-0.15, -0.1) is 0 Å². The number of aliphatic hydroxyl groups excluding tert-OH is 1. The van der Waals surface area contributed by atoms with Crippen molar-refractivity contribution in [3.8, 4) is 0 Å². The predicted molar refractivity (Wildman–Crippen MR) is 297 cm³/mol. The summed E-state index contributed by atoms with van der Waals surface area (Å²) in [7, 11) is 0. The Morgan fingerprint density at radius 3 is 1.16 bits per heavy atom. The first-order valence-corrected chi connectivity index (χ1v) is 26.8. The molecule has 25 heteroatoms. The van der Waals surface area contributed by atoms with Gasteiger partial charge >= 0.3 is 0 Å². The molecule has 0 aromatic carbocycles. The van der Waals surface area contributed by atoms with Gasteiger partial charge in [0.15, 0.2) is 41.2 Å². The number of nitrogens with zero attached hydrogens (tertiary/aromatic N) is 4. The monoisotopic (exact) mass is 1080 g/mol. The minimum absolute atomic E-state index is 0.0384. The third kappa shape index (κ3) is 32.3. The van der Waals surface area contributed by atoms with Crippen LogP contribution in [0.4, 0.5) is 0 Å². The molecule has 0 heterocycles. The van der Waals surface area contributed by atoms with Crippen molar-refractivity contribution in [2.45, 2.75) is 169 Å². The number of hydrogen-bond acceptors (Lipinski definition) is 14. The molecule has 0 aliphatic carbocycles. The molecular weight excluding hydrogens is 981 g/mol. The highest BCUT2D eigenvalue weighted by Crippen LogP contribution is 2.24. The van der Waals surface area contributed by atoms with Gasteiger partial charge in [0.05, 0.1) is 24.7 Å². The van der Waals surface area contributed by atoms with E-state index >= 15 is 0 Å². The highest BCUT2D eigenvalue weighted by molar-refractivity contribution is 5.97. The zero-order chi connectivity index (χ0) is 57.9. The fourth-order valence-corrected chi connectivity index (χ4v) is 8.53. The normalized spacial score (nSPS) is 14.3. The fraction of sp³-hybridized carbons (Fsp3) is 0.765. The van der Waals surface area contributed by atoms with Gasteiger partial charge in [-0.2, -0.15) is 0 Å². The number of aliphatic hydroxyl groups is 1. The number of hydrogen-bond donors (Lipinski definition) is 13. The summed E-state index contributed by atoms with van der Waals surface area (Å²) >= 11 is 0. The molecule has 0 spiro atoms. The van der Waals surface area contributed by atoms with E-state index in [0.29, 0.717) is 45.2 Å². The van der Waals surface area contributed by atoms with Crippen molar-refractivity contribution >= 4 is 70.5 Å². The average molecular weight is 1080 g/mol. The third-order valence-electron chi connectivity index (χ3n) is 12.8. The molecule has 3 amide bonds. The lowest BCUT2D eigenvalue weighted by Crippen LogP contribution is -2.49. The van der Waals surface area contributed by atoms with Gasteiger partial charge in [-0.05, 0) is 102 Å². The van der Waals surface area contributed by atoms with Crippen LogP contribution in [0.3, 0.4) is 0 Å². The van der Waals surface area contributed by atoms with Crippen LogP contribution in [-0.4, -0.2) is 133 Å². The second kappa shape index (κ2) is 39.2. The molecule has 0 aliphatic rings. The Kier molecular flexibility index (Phi) is 36.0. The molecule has 0 rings (SSSR count). The van der Waals surface area contributed by atoms with Crippen LogP contribution in [0.25, 0.3) is 0 Å². The first-order chi connectivity index (χ1) is 35.7. The molecule has 76 heavy (non-hydrogen) atoms. The lowest BCUT2D eigenvalue weighted by atomic mass is 9.87. The molecule has 0 unspecified atom stereocenters. The van der Waals surface area contributed by atoms with Crippen LogP contribution in [0.15, 0.2) is 20.0 Å². The number of rotatable bonds is 44. The van der Waals surface area contributed by atoms with Gasteiger partial charge in [-0.25, -0.2) is 0 Å². The topological polar surface area (TPSA) is 476 Å². The van der Waals surface area contributed by atoms with Crippen LogP contribution in [0.1, 0.15) is 151 Å². The Morgan fingerprint density at radius 1 is 0.421 bits per heavy atom. The number of guanidine groups is 4. The first-order valence-electron chi connectivity index (χ1n) is 26.8. The number of amides is 3. The van der Waals surface area contributed by atoms with Crippen LogP contribution in [0, 0.1) is 41.4 Å². The van der Waals surface area contributed by atoms with Gasteiger partial charge in [0, 0.05) is 81.5 Å². The van der Waals surface area contributed by atoms with Crippen LogP contribution in [0.2, 0.25) is 0 Å². The summed E-state index contributed by atoms with van der Waals surface area (Å²) in [6.45, 7) is 11.0. The van der Waals surface area contributed by atoms with E-state index < -0.39 is 95.8 Å². The predicted octanol–water partition coefficient (Wildman–Crippen LogP) is -0.605. The van der Waals surface area contributed by atoms with E-state index in [2.05, 4.69) is 35.9 Å². The quantitative estimate of drug-likeness (QED) is 0.0206. The number of Topliss-reactive ketones (excluding diaryl/α,β-unsaturated/α-hetero) is 5. The molecule has 0 radical (unpaired) electrons. The maximum Gasteiger partial charge on any atom is 0.224 e. The van der Waals surface area contributed by atoms with Crippen LogP contribution in [-0.2, 0) is 38.4 Å². The van der Waals surface area contributed by atoms with Crippen LogP contribution < -0.4 is 67.6 Å². The van der Waals surface area contributed by atoms with Crippen LogP contribution in [0.5, 0.6) is 0 Å². The highest BCUT2D eigenvalue weighted by Gasteiger charge is 2.35. The van der Waals surface area contributed by atoms with E-state index in [1.165, 1.54) is 6.92 Å². The SMILES string of the molecule is CC(=O)[C@H](CO)CC(=O)[C@H](CC(C)C)NC(=O)[C@@H](CC(=O)[C@H](CCCN=C(N)N)NC(=O)[C@H](CCCN=C(N)N)CC(=O)[C@H](CCCN=C(N)N)NC(=O)[C@H](CCCCN)CC(=O)[C@@H](C)CCCN=C(N)N)CC(C)C. The number of carbonyl (C=O) groups excluding carboxylic acids is 8. The lowest BCUT2D eigenvalue weighted by molar-refractivity contribution is -0.136. The summed E-state index contributed by atoms with van der Waals surface area (Å²) in [5.74, 6) is -8.58. The van der Waals surface area contributed by atoms with E-state index in [1.807, 2.05) is 27.7 Å². The van der Waals surface area contributed by atoms with Crippen molar-refractivity contribution in [1.29, 1.82) is 0 Å². The van der Waals surface area contributed by atoms with Crippen molar-refractivity contribution in [1.82, 2.24) is 16.0 Å². The standard InChI is InChI=1S/C51H96N16O9/c1-30(2)23-36(47(76)67-40(24-31(3)4)44(73)28-37(29-68)33(6)69)27-43(72)39(17-12-22-64-51(59)60)66-46(75)35(15-10-20-62-49(55)56)26-42(71)38(16-11-21-63-50(57)58)65-45(74)34(14-7-8-18-52)25-41(70)32(5)13-9-19-61-48(53)54/h30-32,34-40,68H,7-29,52H2,1-6H3,(H,65,74)(H,66,75)(H,67,76)(H4,53,54,61)(H4,55,56,62)(H4,57,58,63)(H4,59,60,64)/t32-,34+,35+,36+,37-,38-,39-,40-/m0/s1. The minimum atomic E-state index is -1.19. The van der Waals surface area contributed by atoms with Gasteiger partial charge in [0.25, 0.3) is 0 Å². The first kappa shape index (κ1) is 69.8. The van der Waals surface area contributed by atoms with E-state index in [4.69, 9.17) is 51.6 Å². The maximum atomic E-state index is 14.6. The Bertz CT molecular complexity index is 1940. The Labute approximate surface area is 449 Å². The summed E-state index contributed by atoms with van der Waals surface area (Å²) in [6, 6.07) is -3.33. The van der Waals surface area contributed by atoms with Gasteiger partial charge < -0.3 is 72.7 Å². The number of aliphatic imine (C=N–C) groups is 4. The van der Waals surface area contributed by atoms with Crippen molar-refractivity contribution in [3.05, 3.63) is 0 Å². The molecule has 0 aromatic rings. The molecule has 8 atom stereocenters. The molecule has 434 valence electrons. The summed E-state index contributed by atoms with van der Waals surface area (Å²) in [5.41, 5.74) is 50.1. The minimum Gasteiger partial charge on any atom is -0.396 e. The zero-order valence-electron chi connectivity index (χ0n) is 46.2. The molecule has 0 fully saturated rings. The van der Waals surface area contributed by atoms with Gasteiger partial charge in [0.1, 0.15) is 11.6 Å². The number of nitrogens with two attached hydrogens (primary N) is 9. The highest BCUT2D eigenvalue weighted by atomic mass is 16.3. The van der Waals surface area contributed by atoms with Gasteiger partial charge in [-0.3, -0.25) is 58.3 Å². The molecule has 0 saturated carbocycles. The van der Waals surface area contributed by atoms with Crippen molar-refractivity contribution in [2.75, 3.05) is 39.3 Å². The summed E-state index contributed by atoms with van der Waals surface area (Å²) < 4.78 is 0. The number of unbranched alkanes of at least 4 members (excludes halogenated alkanes) is 1. The Hall–Kier alpha value is -6.24. The van der Waals surface area contributed by atoms with E-state index in [-0.39, 0.29) is 138 Å². The molecule has 0 bridgehead atoms. The summed E-state index contributed by atoms with van der Waals surface area (Å²) in [5, 5.41) is 18.3. The van der Waals surface area contributed by atoms with Crippen LogP contribution >= 0.6 is 0 Å². The summed E-state index contributed by atoms with van der Waals surface area (Å²) in [6.07, 6.45) is 2.78. The van der Waals surface area contributed by atoms with Gasteiger partial charge in [-0.1, -0.05) is 41.0 Å². The largest absolute Gasteiger partial charge is 0.396 e. The van der Waals surface area contributed by atoms with E-state index in [0.717, 1.165) is 0 Å². The molecule has 0 aromatic heterocycles. The number of carbonyl (C=O) groups is 8. The average Bonchev–Trinajstić information content (AvgIpc) is 3.32. The Morgan fingerprint density at radius 2 is 0.763 bits per heavy atom. The Balaban J connectivity index is 7.08. The molecule has 25 nitrogen and oxygen atoms in total.